The maximum atomic E-state index is 13.5. The van der Waals surface area contributed by atoms with Crippen molar-refractivity contribution in [1.29, 1.82) is 0 Å². The van der Waals surface area contributed by atoms with Crippen molar-refractivity contribution in [3.05, 3.63) is 59.9 Å². The number of benzene rings is 2. The van der Waals surface area contributed by atoms with Gasteiger partial charge in [-0.3, -0.25) is 0 Å². The maximum Gasteiger partial charge on any atom is 0.204 e. The normalized spacial score (nSPS) is 17.8. The molecule has 3 nitrogen and oxygen atoms in total. The molecule has 4 heteroatoms. The Balaban J connectivity index is 1.93. The summed E-state index contributed by atoms with van der Waals surface area (Å²) in [4.78, 5) is 4.61. The third kappa shape index (κ3) is 1.68. The van der Waals surface area contributed by atoms with Crippen molar-refractivity contribution in [3.8, 4) is 0 Å². The lowest BCUT2D eigenvalue weighted by molar-refractivity contribution is 0.537. The number of para-hydroxylation sites is 2. The van der Waals surface area contributed by atoms with Gasteiger partial charge in [0.2, 0.25) is 5.95 Å². The van der Waals surface area contributed by atoms with E-state index in [2.05, 4.69) is 20.9 Å². The van der Waals surface area contributed by atoms with E-state index in [4.69, 9.17) is 0 Å². The highest BCUT2D eigenvalue weighted by Gasteiger charge is 2.24. The molecule has 0 fully saturated rings. The standard InChI is InChI=1S/C16H14FN3/c17-12-5-3-4-11(10-12)14-8-9-18-16-19-13-6-1-2-7-15(13)20(14)16/h1-7,10,14H,8-9H2,(H,18,19). The zero-order valence-corrected chi connectivity index (χ0v) is 10.9. The van der Waals surface area contributed by atoms with Crippen LogP contribution in [0.25, 0.3) is 11.0 Å². The lowest BCUT2D eigenvalue weighted by Gasteiger charge is -2.27. The van der Waals surface area contributed by atoms with Gasteiger partial charge in [-0.2, -0.15) is 0 Å². The van der Waals surface area contributed by atoms with Gasteiger partial charge in [-0.15, -0.1) is 0 Å². The number of hydrogen-bond donors (Lipinski definition) is 1. The Kier molecular flexibility index (Phi) is 2.49. The minimum atomic E-state index is -0.188. The van der Waals surface area contributed by atoms with Crippen LogP contribution in [0, 0.1) is 5.82 Å². The average Bonchev–Trinajstić information content (AvgIpc) is 2.85. The van der Waals surface area contributed by atoms with Gasteiger partial charge >= 0.3 is 0 Å². The van der Waals surface area contributed by atoms with E-state index in [1.165, 1.54) is 6.07 Å². The molecule has 1 aliphatic rings. The molecule has 20 heavy (non-hydrogen) atoms. The van der Waals surface area contributed by atoms with Gasteiger partial charge in [0.25, 0.3) is 0 Å². The highest BCUT2D eigenvalue weighted by atomic mass is 19.1. The second-order valence-corrected chi connectivity index (χ2v) is 5.08. The van der Waals surface area contributed by atoms with Crippen molar-refractivity contribution in [1.82, 2.24) is 9.55 Å². The van der Waals surface area contributed by atoms with Gasteiger partial charge in [-0.25, -0.2) is 9.37 Å². The fourth-order valence-corrected chi connectivity index (χ4v) is 2.96. The molecule has 1 aromatic heterocycles. The minimum Gasteiger partial charge on any atom is -0.356 e. The monoisotopic (exact) mass is 267 g/mol. The third-order valence-electron chi connectivity index (χ3n) is 3.84. The van der Waals surface area contributed by atoms with Crippen molar-refractivity contribution in [3.63, 3.8) is 0 Å². The number of halogens is 1. The van der Waals surface area contributed by atoms with Crippen molar-refractivity contribution in [2.24, 2.45) is 0 Å². The van der Waals surface area contributed by atoms with Gasteiger partial charge in [0.05, 0.1) is 17.1 Å². The summed E-state index contributed by atoms with van der Waals surface area (Å²) in [6.07, 6.45) is 0.927. The highest BCUT2D eigenvalue weighted by molar-refractivity contribution is 5.79. The maximum absolute atomic E-state index is 13.5. The second kappa shape index (κ2) is 4.34. The smallest absolute Gasteiger partial charge is 0.204 e. The fourth-order valence-electron chi connectivity index (χ4n) is 2.96. The van der Waals surface area contributed by atoms with E-state index in [1.54, 1.807) is 12.1 Å². The first-order chi connectivity index (χ1) is 9.83. The van der Waals surface area contributed by atoms with Crippen molar-refractivity contribution < 1.29 is 4.39 Å². The predicted molar refractivity (Wildman–Crippen MR) is 77.4 cm³/mol. The van der Waals surface area contributed by atoms with E-state index in [0.717, 1.165) is 35.5 Å². The summed E-state index contributed by atoms with van der Waals surface area (Å²) in [6.45, 7) is 0.852. The number of hydrogen-bond acceptors (Lipinski definition) is 2. The molecule has 0 bridgehead atoms. The number of nitrogens with one attached hydrogen (secondary N) is 1. The van der Waals surface area contributed by atoms with Gasteiger partial charge in [0, 0.05) is 6.54 Å². The number of rotatable bonds is 1. The van der Waals surface area contributed by atoms with E-state index >= 15 is 0 Å². The Morgan fingerprint density at radius 3 is 2.95 bits per heavy atom. The fraction of sp³-hybridized carbons (Fsp3) is 0.188. The van der Waals surface area contributed by atoms with Crippen molar-refractivity contribution in [2.45, 2.75) is 12.5 Å². The van der Waals surface area contributed by atoms with E-state index < -0.39 is 0 Å². The lowest BCUT2D eigenvalue weighted by atomic mass is 10.0. The van der Waals surface area contributed by atoms with Gasteiger partial charge in [0.15, 0.2) is 0 Å². The van der Waals surface area contributed by atoms with E-state index in [0.29, 0.717) is 0 Å². The first-order valence-corrected chi connectivity index (χ1v) is 6.79. The predicted octanol–water partition coefficient (Wildman–Crippen LogP) is 3.58. The van der Waals surface area contributed by atoms with Crippen LogP contribution in [-0.4, -0.2) is 16.1 Å². The zero-order valence-electron chi connectivity index (χ0n) is 10.9. The summed E-state index contributed by atoms with van der Waals surface area (Å²) in [5, 5.41) is 3.32. The van der Waals surface area contributed by atoms with Crippen molar-refractivity contribution in [2.75, 3.05) is 11.9 Å². The quantitative estimate of drug-likeness (QED) is 0.730. The molecule has 1 N–H and O–H groups in total. The number of nitrogens with zero attached hydrogens (tertiary/aromatic N) is 2. The summed E-state index contributed by atoms with van der Waals surface area (Å²) in [7, 11) is 0. The molecule has 0 aliphatic carbocycles. The minimum absolute atomic E-state index is 0.134. The van der Waals surface area contributed by atoms with E-state index in [1.807, 2.05) is 24.3 Å². The third-order valence-corrected chi connectivity index (χ3v) is 3.84. The molecule has 0 saturated heterocycles. The van der Waals surface area contributed by atoms with Crippen LogP contribution in [0.3, 0.4) is 0 Å². The average molecular weight is 267 g/mol. The molecule has 2 heterocycles. The molecular formula is C16H14FN3. The molecule has 2 aromatic carbocycles. The molecule has 0 radical (unpaired) electrons. The van der Waals surface area contributed by atoms with Crippen LogP contribution in [0.5, 0.6) is 0 Å². The molecular weight excluding hydrogens is 253 g/mol. The number of imidazole rings is 1. The molecule has 1 unspecified atom stereocenters. The number of aromatic nitrogens is 2. The molecule has 100 valence electrons. The molecule has 1 atom stereocenters. The van der Waals surface area contributed by atoms with Gasteiger partial charge in [0.1, 0.15) is 5.82 Å². The topological polar surface area (TPSA) is 29.9 Å². The van der Waals surface area contributed by atoms with Gasteiger partial charge in [-0.05, 0) is 36.2 Å². The van der Waals surface area contributed by atoms with Crippen LogP contribution in [0.4, 0.5) is 10.3 Å². The van der Waals surface area contributed by atoms with Crippen LogP contribution < -0.4 is 5.32 Å². The largest absolute Gasteiger partial charge is 0.356 e. The molecule has 4 rings (SSSR count). The Hall–Kier alpha value is -2.36. The Morgan fingerprint density at radius 1 is 1.15 bits per heavy atom. The molecule has 0 amide bonds. The first kappa shape index (κ1) is 11.5. The summed E-state index contributed by atoms with van der Waals surface area (Å²) in [5.41, 5.74) is 3.05. The summed E-state index contributed by atoms with van der Waals surface area (Å²) < 4.78 is 15.7. The first-order valence-electron chi connectivity index (χ1n) is 6.79. The Labute approximate surface area is 116 Å². The van der Waals surface area contributed by atoms with Crippen molar-refractivity contribution >= 4 is 17.0 Å². The molecule has 3 aromatic rings. The lowest BCUT2D eigenvalue weighted by Crippen LogP contribution is -2.23. The summed E-state index contributed by atoms with van der Waals surface area (Å²) in [6, 6.07) is 15.0. The van der Waals surface area contributed by atoms with Crippen LogP contribution in [0.1, 0.15) is 18.0 Å². The SMILES string of the molecule is Fc1cccc(C2CCNc3nc4ccccc4n32)c1. The Morgan fingerprint density at radius 2 is 2.05 bits per heavy atom. The van der Waals surface area contributed by atoms with E-state index in [-0.39, 0.29) is 11.9 Å². The Bertz CT molecular complexity index is 778. The zero-order chi connectivity index (χ0) is 13.5. The van der Waals surface area contributed by atoms with Gasteiger partial charge < -0.3 is 9.88 Å². The highest BCUT2D eigenvalue weighted by Crippen LogP contribution is 2.33. The van der Waals surface area contributed by atoms with E-state index in [9.17, 15) is 4.39 Å². The van der Waals surface area contributed by atoms with Crippen LogP contribution in [-0.2, 0) is 0 Å². The molecule has 1 aliphatic heterocycles. The van der Waals surface area contributed by atoms with Crippen LogP contribution >= 0.6 is 0 Å². The van der Waals surface area contributed by atoms with Crippen LogP contribution in [0.2, 0.25) is 0 Å². The number of fused-ring (bicyclic) bond motifs is 3. The summed E-state index contributed by atoms with van der Waals surface area (Å²) >= 11 is 0. The summed E-state index contributed by atoms with van der Waals surface area (Å²) in [5.74, 6) is 0.679. The molecule has 0 spiro atoms. The number of anilines is 1. The molecule has 0 saturated carbocycles. The van der Waals surface area contributed by atoms with Gasteiger partial charge in [-0.1, -0.05) is 24.3 Å². The second-order valence-electron chi connectivity index (χ2n) is 5.08. The van der Waals surface area contributed by atoms with Crippen LogP contribution in [0.15, 0.2) is 48.5 Å².